The molecule has 1 heterocycles. The molecule has 7 heteroatoms. The van der Waals surface area contributed by atoms with Gasteiger partial charge >= 0.3 is 5.97 Å². The molecule has 102 valence electrons. The minimum atomic E-state index is -1.15. The van der Waals surface area contributed by atoms with Crippen LogP contribution in [-0.4, -0.2) is 42.0 Å². The number of aliphatic carboxylic acids is 1. The first-order chi connectivity index (χ1) is 8.35. The first kappa shape index (κ1) is 14.4. The minimum absolute atomic E-state index is 0.0138. The maximum atomic E-state index is 12.0. The number of carboxylic acid groups (broad SMARTS) is 1. The highest BCUT2D eigenvalue weighted by Gasteiger charge is 2.38. The SMILES string of the molecule is CC1(C(=O)N[C@H](CCC(N)=O)C(=O)O)CCNC1. The van der Waals surface area contributed by atoms with Crippen LogP contribution in [-0.2, 0) is 14.4 Å². The predicted octanol–water partition coefficient (Wildman–Crippen LogP) is -1.18. The Hall–Kier alpha value is -1.63. The molecule has 18 heavy (non-hydrogen) atoms. The van der Waals surface area contributed by atoms with Crippen molar-refractivity contribution in [1.29, 1.82) is 0 Å². The Morgan fingerprint density at radius 1 is 1.50 bits per heavy atom. The van der Waals surface area contributed by atoms with Crippen molar-refractivity contribution in [3.8, 4) is 0 Å². The van der Waals surface area contributed by atoms with E-state index in [4.69, 9.17) is 10.8 Å². The molecular formula is C11H19N3O4. The van der Waals surface area contributed by atoms with E-state index >= 15 is 0 Å². The topological polar surface area (TPSA) is 122 Å². The van der Waals surface area contributed by atoms with Crippen molar-refractivity contribution in [1.82, 2.24) is 10.6 Å². The molecule has 1 fully saturated rings. The fourth-order valence-electron chi connectivity index (χ4n) is 1.89. The molecule has 2 amide bonds. The van der Waals surface area contributed by atoms with Crippen molar-refractivity contribution in [3.63, 3.8) is 0 Å². The second-order valence-electron chi connectivity index (χ2n) is 4.86. The lowest BCUT2D eigenvalue weighted by Gasteiger charge is -2.24. The third-order valence-corrected chi connectivity index (χ3v) is 3.20. The number of hydrogen-bond donors (Lipinski definition) is 4. The molecule has 0 bridgehead atoms. The van der Waals surface area contributed by atoms with Gasteiger partial charge < -0.3 is 21.5 Å². The second kappa shape index (κ2) is 5.81. The number of rotatable bonds is 6. The zero-order valence-electron chi connectivity index (χ0n) is 10.4. The normalized spacial score (nSPS) is 24.5. The molecule has 1 aliphatic heterocycles. The Bertz CT molecular complexity index is 350. The van der Waals surface area contributed by atoms with Gasteiger partial charge in [-0.05, 0) is 26.3 Å². The Labute approximate surface area is 105 Å². The average molecular weight is 257 g/mol. The lowest BCUT2D eigenvalue weighted by atomic mass is 9.88. The smallest absolute Gasteiger partial charge is 0.326 e. The monoisotopic (exact) mass is 257 g/mol. The number of carbonyl (C=O) groups excluding carboxylic acids is 2. The van der Waals surface area contributed by atoms with Gasteiger partial charge in [-0.1, -0.05) is 0 Å². The van der Waals surface area contributed by atoms with Gasteiger partial charge in [0.1, 0.15) is 6.04 Å². The van der Waals surface area contributed by atoms with Gasteiger partial charge in [-0.2, -0.15) is 0 Å². The van der Waals surface area contributed by atoms with Crippen LogP contribution in [0, 0.1) is 5.41 Å². The lowest BCUT2D eigenvalue weighted by molar-refractivity contribution is -0.143. The standard InChI is InChI=1S/C11H19N3O4/c1-11(4-5-13-6-11)10(18)14-7(9(16)17)2-3-8(12)15/h7,13H,2-6H2,1H3,(H2,12,15)(H,14,18)(H,16,17)/t7-,11?/m1/s1. The van der Waals surface area contributed by atoms with Gasteiger partial charge in [-0.3, -0.25) is 9.59 Å². The molecule has 0 radical (unpaired) electrons. The molecule has 0 aromatic carbocycles. The van der Waals surface area contributed by atoms with Gasteiger partial charge in [0.25, 0.3) is 0 Å². The summed E-state index contributed by atoms with van der Waals surface area (Å²) < 4.78 is 0. The van der Waals surface area contributed by atoms with E-state index in [1.807, 2.05) is 0 Å². The number of carboxylic acids is 1. The number of amides is 2. The summed E-state index contributed by atoms with van der Waals surface area (Å²) in [7, 11) is 0. The maximum absolute atomic E-state index is 12.0. The highest BCUT2D eigenvalue weighted by atomic mass is 16.4. The Morgan fingerprint density at radius 2 is 2.17 bits per heavy atom. The van der Waals surface area contributed by atoms with E-state index in [-0.39, 0.29) is 18.7 Å². The summed E-state index contributed by atoms with van der Waals surface area (Å²) in [5, 5.41) is 14.5. The molecule has 0 aliphatic carbocycles. The van der Waals surface area contributed by atoms with Crippen LogP contribution in [0.3, 0.4) is 0 Å². The summed E-state index contributed by atoms with van der Waals surface area (Å²) >= 11 is 0. The molecule has 0 saturated carbocycles. The third-order valence-electron chi connectivity index (χ3n) is 3.20. The van der Waals surface area contributed by atoms with Crippen molar-refractivity contribution >= 4 is 17.8 Å². The van der Waals surface area contributed by atoms with Gasteiger partial charge in [-0.25, -0.2) is 4.79 Å². The van der Waals surface area contributed by atoms with E-state index in [0.29, 0.717) is 13.0 Å². The summed E-state index contributed by atoms with van der Waals surface area (Å²) in [6, 6.07) is -1.07. The highest BCUT2D eigenvalue weighted by Crippen LogP contribution is 2.24. The zero-order valence-corrected chi connectivity index (χ0v) is 10.4. The van der Waals surface area contributed by atoms with E-state index in [2.05, 4.69) is 10.6 Å². The molecular weight excluding hydrogens is 238 g/mol. The highest BCUT2D eigenvalue weighted by molar-refractivity contribution is 5.88. The van der Waals surface area contributed by atoms with E-state index in [9.17, 15) is 14.4 Å². The molecule has 5 N–H and O–H groups in total. The fourth-order valence-corrected chi connectivity index (χ4v) is 1.89. The molecule has 7 nitrogen and oxygen atoms in total. The van der Waals surface area contributed by atoms with E-state index in [0.717, 1.165) is 6.54 Å². The summed E-state index contributed by atoms with van der Waals surface area (Å²) in [4.78, 5) is 33.6. The summed E-state index contributed by atoms with van der Waals surface area (Å²) in [6.45, 7) is 3.05. The molecule has 1 aliphatic rings. The quantitative estimate of drug-likeness (QED) is 0.477. The minimum Gasteiger partial charge on any atom is -0.480 e. The number of primary amides is 1. The summed E-state index contributed by atoms with van der Waals surface area (Å²) in [5.41, 5.74) is 4.38. The van der Waals surface area contributed by atoms with E-state index in [1.165, 1.54) is 0 Å². The molecule has 0 aromatic heterocycles. The van der Waals surface area contributed by atoms with Crippen LogP contribution in [0.25, 0.3) is 0 Å². The molecule has 0 aromatic rings. The zero-order chi connectivity index (χ0) is 13.8. The average Bonchev–Trinajstić information content (AvgIpc) is 2.71. The van der Waals surface area contributed by atoms with Crippen LogP contribution < -0.4 is 16.4 Å². The summed E-state index contributed by atoms with van der Waals surface area (Å²) in [5.74, 6) is -2.03. The van der Waals surface area contributed by atoms with Crippen LogP contribution in [0.5, 0.6) is 0 Å². The third kappa shape index (κ3) is 3.69. The number of nitrogens with two attached hydrogens (primary N) is 1. The predicted molar refractivity (Wildman–Crippen MR) is 63.6 cm³/mol. The Kier molecular flexibility index (Phi) is 4.66. The van der Waals surface area contributed by atoms with Crippen molar-refractivity contribution in [2.75, 3.05) is 13.1 Å². The van der Waals surface area contributed by atoms with Crippen LogP contribution in [0.1, 0.15) is 26.2 Å². The first-order valence-electron chi connectivity index (χ1n) is 5.88. The molecule has 2 atom stereocenters. The van der Waals surface area contributed by atoms with Crippen LogP contribution in [0.15, 0.2) is 0 Å². The largest absolute Gasteiger partial charge is 0.480 e. The number of hydrogen-bond acceptors (Lipinski definition) is 4. The van der Waals surface area contributed by atoms with Crippen LogP contribution in [0.2, 0.25) is 0 Å². The van der Waals surface area contributed by atoms with E-state index in [1.54, 1.807) is 6.92 Å². The van der Waals surface area contributed by atoms with Gasteiger partial charge in [0.2, 0.25) is 11.8 Å². The van der Waals surface area contributed by atoms with Gasteiger partial charge in [-0.15, -0.1) is 0 Å². The second-order valence-corrected chi connectivity index (χ2v) is 4.86. The van der Waals surface area contributed by atoms with Crippen molar-refractivity contribution in [3.05, 3.63) is 0 Å². The van der Waals surface area contributed by atoms with Crippen molar-refractivity contribution in [2.45, 2.75) is 32.2 Å². The van der Waals surface area contributed by atoms with Crippen LogP contribution in [0.4, 0.5) is 0 Å². The fraction of sp³-hybridized carbons (Fsp3) is 0.727. The molecule has 1 rings (SSSR count). The maximum Gasteiger partial charge on any atom is 0.326 e. The molecule has 0 spiro atoms. The Morgan fingerprint density at radius 3 is 2.61 bits per heavy atom. The van der Waals surface area contributed by atoms with Crippen molar-refractivity contribution in [2.24, 2.45) is 11.1 Å². The van der Waals surface area contributed by atoms with Gasteiger partial charge in [0.15, 0.2) is 0 Å². The Balaban J connectivity index is 2.57. The first-order valence-corrected chi connectivity index (χ1v) is 5.88. The molecule has 1 saturated heterocycles. The van der Waals surface area contributed by atoms with Crippen molar-refractivity contribution < 1.29 is 19.5 Å². The van der Waals surface area contributed by atoms with E-state index < -0.39 is 23.3 Å². The van der Waals surface area contributed by atoms with Gasteiger partial charge in [0, 0.05) is 13.0 Å². The summed E-state index contributed by atoms with van der Waals surface area (Å²) in [6.07, 6.45) is 0.618. The molecule has 1 unspecified atom stereocenters. The van der Waals surface area contributed by atoms with Crippen LogP contribution >= 0.6 is 0 Å². The lowest BCUT2D eigenvalue weighted by Crippen LogP contribution is -2.48. The number of carbonyl (C=O) groups is 3. The number of nitrogens with one attached hydrogen (secondary N) is 2. The van der Waals surface area contributed by atoms with Gasteiger partial charge in [0.05, 0.1) is 5.41 Å².